The van der Waals surface area contributed by atoms with E-state index in [-0.39, 0.29) is 0 Å². The molecule has 1 rings (SSSR count). The van der Waals surface area contributed by atoms with Crippen molar-refractivity contribution in [1.82, 2.24) is 10.3 Å². The number of amides is 1. The summed E-state index contributed by atoms with van der Waals surface area (Å²) in [6, 6.07) is 0. The molecule has 0 aromatic carbocycles. The number of carbonyl (C=O) groups is 2. The van der Waals surface area contributed by atoms with E-state index in [0.717, 1.165) is 5.01 Å². The maximum atomic E-state index is 11.3. The van der Waals surface area contributed by atoms with Crippen molar-refractivity contribution < 1.29 is 14.3 Å². The Balaban J connectivity index is 2.33. The smallest absolute Gasteiger partial charge is 0.407 e. The summed E-state index contributed by atoms with van der Waals surface area (Å²) in [6.07, 6.45) is 3.74. The maximum Gasteiger partial charge on any atom is 0.407 e. The first-order valence-corrected chi connectivity index (χ1v) is 6.33. The highest BCUT2D eigenvalue weighted by molar-refractivity contribution is 7.10. The van der Waals surface area contributed by atoms with Gasteiger partial charge in [-0.1, -0.05) is 6.08 Å². The van der Waals surface area contributed by atoms with E-state index in [1.54, 1.807) is 38.3 Å². The lowest BCUT2D eigenvalue weighted by Gasteiger charge is -2.19. The molecule has 0 spiro atoms. The summed E-state index contributed by atoms with van der Waals surface area (Å²) in [5.74, 6) is 0. The number of nitrogens with zero attached hydrogens (tertiary/aromatic N) is 1. The number of ether oxygens (including phenoxy) is 1. The molecule has 0 bridgehead atoms. The number of thiazole rings is 1. The maximum absolute atomic E-state index is 11.3. The average Bonchev–Trinajstić information content (AvgIpc) is 2.70. The van der Waals surface area contributed by atoms with Crippen molar-refractivity contribution >= 4 is 29.8 Å². The van der Waals surface area contributed by atoms with Crippen molar-refractivity contribution in [3.8, 4) is 0 Å². The second kappa shape index (κ2) is 6.30. The Morgan fingerprint density at radius 3 is 2.83 bits per heavy atom. The van der Waals surface area contributed by atoms with E-state index in [1.807, 2.05) is 0 Å². The Hall–Kier alpha value is -1.69. The summed E-state index contributed by atoms with van der Waals surface area (Å²) in [6.45, 7) is 5.77. The Morgan fingerprint density at radius 1 is 1.56 bits per heavy atom. The van der Waals surface area contributed by atoms with Crippen LogP contribution in [0.1, 0.15) is 36.3 Å². The molecule has 0 aliphatic heterocycles. The van der Waals surface area contributed by atoms with Gasteiger partial charge in [-0.15, -0.1) is 11.3 Å². The fourth-order valence-electron chi connectivity index (χ4n) is 1.05. The first-order chi connectivity index (χ1) is 8.40. The number of hydrogen-bond acceptors (Lipinski definition) is 5. The third-order valence-electron chi connectivity index (χ3n) is 1.68. The molecule has 0 unspecified atom stereocenters. The Kier molecular flexibility index (Phi) is 5.03. The molecule has 0 atom stereocenters. The first-order valence-electron chi connectivity index (χ1n) is 5.45. The monoisotopic (exact) mass is 268 g/mol. The van der Waals surface area contributed by atoms with Gasteiger partial charge in [-0.2, -0.15) is 0 Å². The van der Waals surface area contributed by atoms with Crippen LogP contribution in [0.5, 0.6) is 0 Å². The van der Waals surface area contributed by atoms with Crippen molar-refractivity contribution in [2.24, 2.45) is 0 Å². The predicted octanol–water partition coefficient (Wildman–Crippen LogP) is 2.49. The van der Waals surface area contributed by atoms with Gasteiger partial charge in [-0.05, 0) is 26.8 Å². The van der Waals surface area contributed by atoms with Crippen LogP contribution in [0.25, 0.3) is 6.08 Å². The predicted molar refractivity (Wildman–Crippen MR) is 70.8 cm³/mol. The lowest BCUT2D eigenvalue weighted by Crippen LogP contribution is -2.32. The molecule has 1 aromatic rings. The number of carbonyl (C=O) groups excluding carboxylic acids is 2. The highest BCUT2D eigenvalue weighted by atomic mass is 32.1. The van der Waals surface area contributed by atoms with Crippen LogP contribution in [0.4, 0.5) is 4.79 Å². The third kappa shape index (κ3) is 5.58. The lowest BCUT2D eigenvalue weighted by molar-refractivity contribution is 0.0534. The van der Waals surface area contributed by atoms with Gasteiger partial charge in [0.15, 0.2) is 6.29 Å². The third-order valence-corrected chi connectivity index (χ3v) is 2.51. The topological polar surface area (TPSA) is 68.3 Å². The van der Waals surface area contributed by atoms with Crippen LogP contribution in [0, 0.1) is 0 Å². The van der Waals surface area contributed by atoms with Crippen LogP contribution < -0.4 is 5.32 Å². The van der Waals surface area contributed by atoms with Gasteiger partial charge in [-0.3, -0.25) is 4.79 Å². The molecular formula is C12H16N2O3S. The van der Waals surface area contributed by atoms with Gasteiger partial charge < -0.3 is 10.1 Å². The number of hydrogen-bond donors (Lipinski definition) is 1. The van der Waals surface area contributed by atoms with E-state index >= 15 is 0 Å². The summed E-state index contributed by atoms with van der Waals surface area (Å²) < 4.78 is 5.07. The highest BCUT2D eigenvalue weighted by Gasteiger charge is 2.14. The van der Waals surface area contributed by atoms with Gasteiger partial charge in [0.25, 0.3) is 0 Å². The van der Waals surface area contributed by atoms with Gasteiger partial charge in [0, 0.05) is 11.9 Å². The molecule has 18 heavy (non-hydrogen) atoms. The first kappa shape index (κ1) is 14.4. The van der Waals surface area contributed by atoms with Crippen LogP contribution in [0.15, 0.2) is 11.5 Å². The van der Waals surface area contributed by atoms with Gasteiger partial charge in [0.2, 0.25) is 0 Å². The summed E-state index contributed by atoms with van der Waals surface area (Å²) in [5, 5.41) is 4.99. The standard InChI is InChI=1S/C12H16N2O3S/c1-12(2,3)17-11(16)13-6-4-5-10-14-9(7-15)8-18-10/h4-5,7-8H,6H2,1-3H3,(H,13,16). The average molecular weight is 268 g/mol. The van der Waals surface area contributed by atoms with Crippen LogP contribution >= 0.6 is 11.3 Å². The molecule has 0 radical (unpaired) electrons. The quantitative estimate of drug-likeness (QED) is 0.852. The minimum atomic E-state index is -0.498. The van der Waals surface area contributed by atoms with Gasteiger partial charge in [0.1, 0.15) is 16.3 Å². The van der Waals surface area contributed by atoms with Crippen LogP contribution in [0.2, 0.25) is 0 Å². The largest absolute Gasteiger partial charge is 0.444 e. The molecule has 98 valence electrons. The Labute approximate surface area is 110 Å². The minimum absolute atomic E-state index is 0.352. The SMILES string of the molecule is CC(C)(C)OC(=O)NCC=Cc1nc(C=O)cs1. The minimum Gasteiger partial charge on any atom is -0.444 e. The van der Waals surface area contributed by atoms with E-state index in [0.29, 0.717) is 18.5 Å². The Morgan fingerprint density at radius 2 is 2.28 bits per heavy atom. The molecule has 1 aromatic heterocycles. The summed E-state index contributed by atoms with van der Waals surface area (Å²) in [7, 11) is 0. The zero-order valence-corrected chi connectivity index (χ0v) is 11.4. The second-order valence-corrected chi connectivity index (χ2v) is 5.40. The molecule has 0 saturated heterocycles. The van der Waals surface area contributed by atoms with Crippen molar-refractivity contribution in [2.75, 3.05) is 6.54 Å². The van der Waals surface area contributed by atoms with E-state index in [4.69, 9.17) is 4.74 Å². The normalized spacial score (nSPS) is 11.5. The molecule has 6 heteroatoms. The van der Waals surface area contributed by atoms with Gasteiger partial charge in [0.05, 0.1) is 0 Å². The number of alkyl carbamates (subject to hydrolysis) is 1. The summed E-state index contributed by atoms with van der Waals surface area (Å²) >= 11 is 1.37. The molecular weight excluding hydrogens is 252 g/mol. The van der Waals surface area contributed by atoms with E-state index in [1.165, 1.54) is 11.3 Å². The van der Waals surface area contributed by atoms with Crippen molar-refractivity contribution in [3.63, 3.8) is 0 Å². The zero-order valence-electron chi connectivity index (χ0n) is 10.6. The van der Waals surface area contributed by atoms with E-state index in [2.05, 4.69) is 10.3 Å². The molecule has 0 fully saturated rings. The molecule has 0 saturated carbocycles. The summed E-state index contributed by atoms with van der Waals surface area (Å²) in [5.41, 5.74) is -0.0816. The lowest BCUT2D eigenvalue weighted by atomic mass is 10.2. The van der Waals surface area contributed by atoms with Crippen molar-refractivity contribution in [1.29, 1.82) is 0 Å². The van der Waals surface area contributed by atoms with Crippen LogP contribution in [-0.2, 0) is 4.74 Å². The van der Waals surface area contributed by atoms with E-state index in [9.17, 15) is 9.59 Å². The molecule has 1 N–H and O–H groups in total. The van der Waals surface area contributed by atoms with Crippen molar-refractivity contribution in [3.05, 3.63) is 22.2 Å². The van der Waals surface area contributed by atoms with Gasteiger partial charge in [-0.25, -0.2) is 9.78 Å². The Bertz CT molecular complexity index is 446. The molecule has 1 heterocycles. The fourth-order valence-corrected chi connectivity index (χ4v) is 1.73. The number of aldehydes is 1. The molecule has 5 nitrogen and oxygen atoms in total. The van der Waals surface area contributed by atoms with Crippen molar-refractivity contribution in [2.45, 2.75) is 26.4 Å². The van der Waals surface area contributed by atoms with Gasteiger partial charge >= 0.3 is 6.09 Å². The zero-order chi connectivity index (χ0) is 13.6. The van der Waals surface area contributed by atoms with E-state index < -0.39 is 11.7 Å². The van der Waals surface area contributed by atoms with Crippen LogP contribution in [-0.4, -0.2) is 29.5 Å². The van der Waals surface area contributed by atoms with Crippen LogP contribution in [0.3, 0.4) is 0 Å². The number of rotatable bonds is 4. The highest BCUT2D eigenvalue weighted by Crippen LogP contribution is 2.09. The fraction of sp³-hybridized carbons (Fsp3) is 0.417. The molecule has 0 aliphatic rings. The molecule has 0 aliphatic carbocycles. The number of nitrogens with one attached hydrogen (secondary N) is 1. The molecule has 1 amide bonds. The summed E-state index contributed by atoms with van der Waals surface area (Å²) in [4.78, 5) is 25.7. The number of aromatic nitrogens is 1. The second-order valence-electron chi connectivity index (χ2n) is 4.51.